The van der Waals surface area contributed by atoms with Gasteiger partial charge >= 0.3 is 5.97 Å². The summed E-state index contributed by atoms with van der Waals surface area (Å²) in [6.45, 7) is -0.00977. The second-order valence-corrected chi connectivity index (χ2v) is 9.04. The molecule has 0 radical (unpaired) electrons. The molecule has 0 unspecified atom stereocenters. The number of aromatic carboxylic acids is 1. The Morgan fingerprint density at radius 1 is 1.09 bits per heavy atom. The van der Waals surface area contributed by atoms with E-state index in [0.717, 1.165) is 63.6 Å². The molecule has 5 aromatic rings. The van der Waals surface area contributed by atoms with Crippen LogP contribution in [0, 0.1) is 5.82 Å². The van der Waals surface area contributed by atoms with Gasteiger partial charge in [0.15, 0.2) is 0 Å². The van der Waals surface area contributed by atoms with Gasteiger partial charge in [0, 0.05) is 33.1 Å². The van der Waals surface area contributed by atoms with E-state index in [1.807, 2.05) is 18.2 Å². The Balaban J connectivity index is 1.75. The highest BCUT2D eigenvalue weighted by Crippen LogP contribution is 2.51. The first-order valence-corrected chi connectivity index (χ1v) is 11.2. The Morgan fingerprint density at radius 3 is 2.44 bits per heavy atom. The van der Waals surface area contributed by atoms with E-state index < -0.39 is 11.4 Å². The molecule has 1 saturated carbocycles. The maximum atomic E-state index is 13.8. The molecule has 3 N–H and O–H groups in total. The number of carboxylic acid groups (broad SMARTS) is 1. The first kappa shape index (κ1) is 20.6. The average Bonchev–Trinajstić information content (AvgIpc) is 3.40. The number of aliphatic hydroxyl groups excluding tert-OH is 1. The van der Waals surface area contributed by atoms with Crippen LogP contribution in [-0.2, 0) is 5.41 Å². The van der Waals surface area contributed by atoms with Crippen molar-refractivity contribution in [1.82, 2.24) is 14.8 Å². The molecule has 170 valence electrons. The Morgan fingerprint density at radius 2 is 1.82 bits per heavy atom. The topological polar surface area (TPSA) is 91.1 Å². The molecule has 0 saturated heterocycles. The number of benzene rings is 3. The van der Waals surface area contributed by atoms with Crippen LogP contribution in [0.5, 0.6) is 0 Å². The van der Waals surface area contributed by atoms with Crippen LogP contribution in [-0.4, -0.2) is 37.6 Å². The van der Waals surface area contributed by atoms with Gasteiger partial charge in [0.2, 0.25) is 0 Å². The van der Waals surface area contributed by atoms with Crippen molar-refractivity contribution in [2.24, 2.45) is 0 Å². The first-order valence-electron chi connectivity index (χ1n) is 11.2. The third-order valence-electron chi connectivity index (χ3n) is 7.15. The number of nitrogens with one attached hydrogen (secondary N) is 1. The van der Waals surface area contributed by atoms with E-state index >= 15 is 0 Å². The molecule has 1 fully saturated rings. The zero-order valence-corrected chi connectivity index (χ0v) is 18.3. The summed E-state index contributed by atoms with van der Waals surface area (Å²) < 4.78 is 15.9. The van der Waals surface area contributed by atoms with E-state index in [1.54, 1.807) is 30.5 Å². The molecule has 0 aliphatic heterocycles. The van der Waals surface area contributed by atoms with Crippen molar-refractivity contribution in [3.05, 3.63) is 83.9 Å². The quantitative estimate of drug-likeness (QED) is 0.330. The maximum Gasteiger partial charge on any atom is 0.335 e. The monoisotopic (exact) mass is 455 g/mol. The van der Waals surface area contributed by atoms with E-state index in [-0.39, 0.29) is 18.0 Å². The minimum absolute atomic E-state index is 0.00977. The molecule has 2 heterocycles. The van der Waals surface area contributed by atoms with Gasteiger partial charge in [0.05, 0.1) is 29.4 Å². The fraction of sp³-hybridized carbons (Fsp3) is 0.185. The Hall–Kier alpha value is -3.97. The Labute approximate surface area is 194 Å². The second-order valence-electron chi connectivity index (χ2n) is 9.04. The number of nitrogens with zero attached hydrogens (tertiary/aromatic N) is 2. The number of hydrogen-bond acceptors (Lipinski definition) is 3. The molecule has 0 bridgehead atoms. The molecule has 6 nitrogen and oxygen atoms in total. The molecule has 0 amide bonds. The van der Waals surface area contributed by atoms with Gasteiger partial charge in [-0.25, -0.2) is 9.18 Å². The second kappa shape index (κ2) is 7.53. The SMILES string of the molecule is O=C(O)c1ccc(-c2c(C3(CO)CCC3)n(-c3ccc(F)cc3)c3cc4cn[nH]c4cc23)cc1. The summed E-state index contributed by atoms with van der Waals surface area (Å²) in [6, 6.07) is 17.3. The summed E-state index contributed by atoms with van der Waals surface area (Å²) >= 11 is 0. The number of aromatic amines is 1. The van der Waals surface area contributed by atoms with E-state index in [2.05, 4.69) is 20.8 Å². The summed E-state index contributed by atoms with van der Waals surface area (Å²) in [5.41, 5.74) is 5.15. The fourth-order valence-corrected chi connectivity index (χ4v) is 5.23. The van der Waals surface area contributed by atoms with Crippen molar-refractivity contribution in [2.75, 3.05) is 6.61 Å². The number of carboxylic acids is 1. The van der Waals surface area contributed by atoms with E-state index in [0.29, 0.717) is 0 Å². The van der Waals surface area contributed by atoms with Crippen LogP contribution in [0.2, 0.25) is 0 Å². The molecule has 1 aliphatic carbocycles. The van der Waals surface area contributed by atoms with Gasteiger partial charge in [-0.3, -0.25) is 5.10 Å². The third-order valence-corrected chi connectivity index (χ3v) is 7.15. The standard InChI is InChI=1S/C27H22FN3O3/c28-19-6-8-20(9-7-19)31-23-12-18-14-29-30-22(18)13-21(23)24(25(31)27(15-32)10-1-11-27)16-2-4-17(5-3-16)26(33)34/h2-9,12-14,32H,1,10-11,15H2,(H,29,30)(H,33,34). The molecule has 2 aromatic heterocycles. The number of H-pyrrole nitrogens is 1. The molecule has 7 heteroatoms. The van der Waals surface area contributed by atoms with E-state index in [1.165, 1.54) is 12.1 Å². The number of carbonyl (C=O) groups is 1. The summed E-state index contributed by atoms with van der Waals surface area (Å²) in [6.07, 6.45) is 4.44. The maximum absolute atomic E-state index is 13.8. The summed E-state index contributed by atoms with van der Waals surface area (Å²) in [5.74, 6) is -1.30. The van der Waals surface area contributed by atoms with Crippen LogP contribution < -0.4 is 0 Å². The molecular formula is C27H22FN3O3. The highest BCUT2D eigenvalue weighted by Gasteiger charge is 2.43. The zero-order valence-electron chi connectivity index (χ0n) is 18.3. The number of halogens is 1. The first-order chi connectivity index (χ1) is 16.5. The van der Waals surface area contributed by atoms with Gasteiger partial charge in [-0.2, -0.15) is 5.10 Å². The average molecular weight is 455 g/mol. The lowest BCUT2D eigenvalue weighted by Gasteiger charge is -2.42. The van der Waals surface area contributed by atoms with Crippen molar-refractivity contribution in [1.29, 1.82) is 0 Å². The van der Waals surface area contributed by atoms with Crippen LogP contribution in [0.1, 0.15) is 35.3 Å². The lowest BCUT2D eigenvalue weighted by atomic mass is 9.65. The third kappa shape index (κ3) is 2.97. The van der Waals surface area contributed by atoms with Gasteiger partial charge in [-0.05, 0) is 66.9 Å². The largest absolute Gasteiger partial charge is 0.478 e. The fourth-order valence-electron chi connectivity index (χ4n) is 5.23. The van der Waals surface area contributed by atoms with Crippen molar-refractivity contribution >= 4 is 27.8 Å². The number of rotatable bonds is 5. The molecule has 3 aromatic carbocycles. The van der Waals surface area contributed by atoms with Gasteiger partial charge in [-0.15, -0.1) is 0 Å². The van der Waals surface area contributed by atoms with Crippen LogP contribution in [0.15, 0.2) is 66.9 Å². The van der Waals surface area contributed by atoms with E-state index in [9.17, 15) is 19.4 Å². The molecule has 1 aliphatic rings. The zero-order chi connectivity index (χ0) is 23.4. The minimum Gasteiger partial charge on any atom is -0.478 e. The normalized spacial score (nSPS) is 15.0. The summed E-state index contributed by atoms with van der Waals surface area (Å²) in [5, 5.41) is 29.1. The van der Waals surface area contributed by atoms with Crippen LogP contribution in [0.3, 0.4) is 0 Å². The molecule has 0 atom stereocenters. The van der Waals surface area contributed by atoms with Crippen molar-refractivity contribution in [3.63, 3.8) is 0 Å². The van der Waals surface area contributed by atoms with Crippen LogP contribution >= 0.6 is 0 Å². The highest BCUT2D eigenvalue weighted by atomic mass is 19.1. The van der Waals surface area contributed by atoms with Crippen molar-refractivity contribution in [2.45, 2.75) is 24.7 Å². The number of fused-ring (bicyclic) bond motifs is 2. The van der Waals surface area contributed by atoms with Crippen molar-refractivity contribution in [3.8, 4) is 16.8 Å². The molecule has 34 heavy (non-hydrogen) atoms. The van der Waals surface area contributed by atoms with Gasteiger partial charge < -0.3 is 14.8 Å². The molecule has 6 rings (SSSR count). The molecular weight excluding hydrogens is 433 g/mol. The lowest BCUT2D eigenvalue weighted by molar-refractivity contribution is 0.0697. The summed E-state index contributed by atoms with van der Waals surface area (Å²) in [4.78, 5) is 11.4. The Kier molecular flexibility index (Phi) is 4.57. The lowest BCUT2D eigenvalue weighted by Crippen LogP contribution is -2.40. The van der Waals surface area contributed by atoms with Gasteiger partial charge in [0.25, 0.3) is 0 Å². The van der Waals surface area contributed by atoms with Gasteiger partial charge in [-0.1, -0.05) is 18.6 Å². The highest BCUT2D eigenvalue weighted by molar-refractivity contribution is 6.06. The predicted octanol–water partition coefficient (Wildman–Crippen LogP) is 5.43. The van der Waals surface area contributed by atoms with Crippen LogP contribution in [0.25, 0.3) is 38.6 Å². The molecule has 0 spiro atoms. The predicted molar refractivity (Wildman–Crippen MR) is 128 cm³/mol. The number of aromatic nitrogens is 3. The summed E-state index contributed by atoms with van der Waals surface area (Å²) in [7, 11) is 0. The van der Waals surface area contributed by atoms with Crippen LogP contribution in [0.4, 0.5) is 4.39 Å². The van der Waals surface area contributed by atoms with Crippen molar-refractivity contribution < 1.29 is 19.4 Å². The number of hydrogen-bond donors (Lipinski definition) is 3. The minimum atomic E-state index is -0.981. The van der Waals surface area contributed by atoms with E-state index in [4.69, 9.17) is 0 Å². The Bertz CT molecular complexity index is 1540. The van der Waals surface area contributed by atoms with Gasteiger partial charge in [0.1, 0.15) is 5.82 Å². The number of aliphatic hydroxyl groups is 1. The smallest absolute Gasteiger partial charge is 0.335 e.